The number of methoxy groups -OCH3 is 1. The lowest BCUT2D eigenvalue weighted by Gasteiger charge is -2.16. The molecule has 1 heterocycles. The number of ether oxygens (including phenoxy) is 1. The Kier molecular flexibility index (Phi) is 8.99. The fraction of sp³-hybridized carbons (Fsp3) is 0.476. The van der Waals surface area contributed by atoms with Crippen molar-refractivity contribution in [2.45, 2.75) is 51.5 Å². The Morgan fingerprint density at radius 3 is 2.67 bits per heavy atom. The van der Waals surface area contributed by atoms with Gasteiger partial charge in [0, 0.05) is 26.3 Å². The molecule has 0 unspecified atom stereocenters. The molecule has 0 fully saturated rings. The average Bonchev–Trinajstić information content (AvgIpc) is 2.72. The molecule has 0 bridgehead atoms. The Hall–Kier alpha value is -3.23. The van der Waals surface area contributed by atoms with E-state index in [0.29, 0.717) is 55.4 Å². The summed E-state index contributed by atoms with van der Waals surface area (Å²) in [7, 11) is 1.28. The third-order valence-electron chi connectivity index (χ3n) is 4.59. The number of para-hydroxylation sites is 1. The molecule has 1 aromatic heterocycles. The number of nitrogens with zero attached hydrogens (tertiary/aromatic N) is 1. The van der Waals surface area contributed by atoms with Crippen molar-refractivity contribution in [2.75, 3.05) is 13.7 Å². The van der Waals surface area contributed by atoms with Crippen LogP contribution in [-0.2, 0) is 25.5 Å². The van der Waals surface area contributed by atoms with Gasteiger partial charge in [-0.25, -0.2) is 9.78 Å². The molecule has 0 saturated carbocycles. The van der Waals surface area contributed by atoms with E-state index < -0.39 is 12.0 Å². The molecule has 0 aliphatic carbocycles. The van der Waals surface area contributed by atoms with Gasteiger partial charge in [-0.05, 0) is 37.8 Å². The van der Waals surface area contributed by atoms with Crippen molar-refractivity contribution >= 4 is 28.7 Å². The minimum Gasteiger partial charge on any atom is -0.467 e. The first-order valence-electron chi connectivity index (χ1n) is 10.00. The molecule has 1 aromatic carbocycles. The minimum absolute atomic E-state index is 0.102. The van der Waals surface area contributed by atoms with Crippen LogP contribution in [0.5, 0.6) is 0 Å². The van der Waals surface area contributed by atoms with Crippen molar-refractivity contribution in [1.82, 2.24) is 20.6 Å². The van der Waals surface area contributed by atoms with E-state index in [1.807, 2.05) is 6.07 Å². The van der Waals surface area contributed by atoms with Crippen molar-refractivity contribution in [3.8, 4) is 0 Å². The number of carbonyl (C=O) groups excluding carboxylic acids is 3. The maximum Gasteiger partial charge on any atom is 0.328 e. The van der Waals surface area contributed by atoms with Gasteiger partial charge in [0.2, 0.25) is 11.8 Å². The molecular weight excluding hydrogens is 388 g/mol. The SMILES string of the molecule is COC(=O)[C@H](CCCCNC(C)=O)NC(=O)CCCc1nc2ccccc2c(=O)[nH]1. The first-order valence-corrected chi connectivity index (χ1v) is 10.00. The van der Waals surface area contributed by atoms with E-state index in [2.05, 4.69) is 20.6 Å². The van der Waals surface area contributed by atoms with Gasteiger partial charge in [-0.15, -0.1) is 0 Å². The van der Waals surface area contributed by atoms with E-state index in [-0.39, 0.29) is 23.8 Å². The topological polar surface area (TPSA) is 130 Å². The predicted molar refractivity (Wildman–Crippen MR) is 112 cm³/mol. The van der Waals surface area contributed by atoms with Gasteiger partial charge in [0.25, 0.3) is 5.56 Å². The lowest BCUT2D eigenvalue weighted by molar-refractivity contribution is -0.145. The molecule has 1 atom stereocenters. The third kappa shape index (κ3) is 7.31. The fourth-order valence-electron chi connectivity index (χ4n) is 3.07. The lowest BCUT2D eigenvalue weighted by Crippen LogP contribution is -2.41. The zero-order valence-electron chi connectivity index (χ0n) is 17.3. The molecule has 162 valence electrons. The van der Waals surface area contributed by atoms with E-state index in [4.69, 9.17) is 4.74 Å². The number of rotatable bonds is 11. The second kappa shape index (κ2) is 11.7. The number of esters is 1. The molecule has 2 rings (SSSR count). The lowest BCUT2D eigenvalue weighted by atomic mass is 10.1. The molecule has 0 spiro atoms. The first-order chi connectivity index (χ1) is 14.4. The van der Waals surface area contributed by atoms with Crippen LogP contribution < -0.4 is 16.2 Å². The van der Waals surface area contributed by atoms with Crippen molar-refractivity contribution in [1.29, 1.82) is 0 Å². The van der Waals surface area contributed by atoms with Crippen molar-refractivity contribution in [3.05, 3.63) is 40.4 Å². The molecule has 30 heavy (non-hydrogen) atoms. The average molecular weight is 416 g/mol. The van der Waals surface area contributed by atoms with Crippen molar-refractivity contribution in [2.24, 2.45) is 0 Å². The summed E-state index contributed by atoms with van der Waals surface area (Å²) in [6, 6.07) is 6.35. The zero-order valence-corrected chi connectivity index (χ0v) is 17.3. The number of aromatic amines is 1. The van der Waals surface area contributed by atoms with Crippen molar-refractivity contribution in [3.63, 3.8) is 0 Å². The van der Waals surface area contributed by atoms with Crippen molar-refractivity contribution < 1.29 is 19.1 Å². The summed E-state index contributed by atoms with van der Waals surface area (Å²) in [5.41, 5.74) is 0.413. The summed E-state index contributed by atoms with van der Waals surface area (Å²) < 4.78 is 4.76. The van der Waals surface area contributed by atoms with Gasteiger partial charge in [-0.2, -0.15) is 0 Å². The van der Waals surface area contributed by atoms with E-state index in [9.17, 15) is 19.2 Å². The molecule has 9 heteroatoms. The second-order valence-corrected chi connectivity index (χ2v) is 7.01. The number of aryl methyl sites for hydroxylation is 1. The Morgan fingerprint density at radius 1 is 1.17 bits per heavy atom. The second-order valence-electron chi connectivity index (χ2n) is 7.01. The van der Waals surface area contributed by atoms with Gasteiger partial charge in [0.1, 0.15) is 11.9 Å². The predicted octanol–water partition coefficient (Wildman–Crippen LogP) is 1.21. The Balaban J connectivity index is 1.81. The fourth-order valence-corrected chi connectivity index (χ4v) is 3.07. The van der Waals surface area contributed by atoms with Gasteiger partial charge in [0.05, 0.1) is 18.0 Å². The molecule has 0 saturated heterocycles. The third-order valence-corrected chi connectivity index (χ3v) is 4.59. The highest BCUT2D eigenvalue weighted by Gasteiger charge is 2.20. The molecule has 9 nitrogen and oxygen atoms in total. The molecule has 2 amide bonds. The number of unbranched alkanes of at least 4 members (excludes halogenated alkanes) is 1. The summed E-state index contributed by atoms with van der Waals surface area (Å²) in [6.45, 7) is 1.97. The van der Waals surface area contributed by atoms with E-state index >= 15 is 0 Å². The number of hydrogen-bond donors (Lipinski definition) is 3. The zero-order chi connectivity index (χ0) is 21.9. The van der Waals surface area contributed by atoms with Gasteiger partial charge < -0.3 is 20.4 Å². The molecule has 3 N–H and O–H groups in total. The highest BCUT2D eigenvalue weighted by molar-refractivity contribution is 5.84. The number of fused-ring (bicyclic) bond motifs is 1. The molecule has 0 aliphatic heterocycles. The van der Waals surface area contributed by atoms with Crippen LogP contribution >= 0.6 is 0 Å². The standard InChI is InChI=1S/C21H28N4O5/c1-14(26)22-13-6-5-10-17(21(29)30-2)24-19(27)12-7-11-18-23-16-9-4-3-8-15(16)20(28)25-18/h3-4,8-9,17H,5-7,10-13H2,1-2H3,(H,22,26)(H,24,27)(H,23,25,28)/t17-/m0/s1. The molecule has 0 aliphatic rings. The van der Waals surface area contributed by atoms with E-state index in [1.165, 1.54) is 14.0 Å². The number of nitrogens with one attached hydrogen (secondary N) is 3. The Bertz CT molecular complexity index is 940. The van der Waals surface area contributed by atoms with Crippen LogP contribution in [0.2, 0.25) is 0 Å². The molecule has 2 aromatic rings. The highest BCUT2D eigenvalue weighted by atomic mass is 16.5. The number of H-pyrrole nitrogens is 1. The van der Waals surface area contributed by atoms with Gasteiger partial charge >= 0.3 is 5.97 Å². The molecular formula is C21H28N4O5. The summed E-state index contributed by atoms with van der Waals surface area (Å²) >= 11 is 0. The van der Waals surface area contributed by atoms with Crippen LogP contribution in [0, 0.1) is 0 Å². The maximum atomic E-state index is 12.3. The van der Waals surface area contributed by atoms with Gasteiger partial charge in [-0.3, -0.25) is 14.4 Å². The Labute approximate surface area is 174 Å². The molecule has 0 radical (unpaired) electrons. The van der Waals surface area contributed by atoms with Crippen LogP contribution in [0.1, 0.15) is 44.9 Å². The Morgan fingerprint density at radius 2 is 1.93 bits per heavy atom. The highest BCUT2D eigenvalue weighted by Crippen LogP contribution is 2.08. The van der Waals surface area contributed by atoms with Gasteiger partial charge in [-0.1, -0.05) is 12.1 Å². The van der Waals surface area contributed by atoms with E-state index in [0.717, 1.165) is 0 Å². The maximum absolute atomic E-state index is 12.3. The van der Waals surface area contributed by atoms with Crippen LogP contribution in [0.3, 0.4) is 0 Å². The summed E-state index contributed by atoms with van der Waals surface area (Å²) in [6.07, 6.45) is 2.89. The number of amides is 2. The normalized spacial score (nSPS) is 11.7. The van der Waals surface area contributed by atoms with Crippen LogP contribution in [0.4, 0.5) is 0 Å². The number of hydrogen-bond acceptors (Lipinski definition) is 6. The summed E-state index contributed by atoms with van der Waals surface area (Å²) in [4.78, 5) is 54.3. The minimum atomic E-state index is -0.724. The number of benzene rings is 1. The quantitative estimate of drug-likeness (QED) is 0.373. The monoisotopic (exact) mass is 416 g/mol. The van der Waals surface area contributed by atoms with Crippen LogP contribution in [-0.4, -0.2) is 47.4 Å². The van der Waals surface area contributed by atoms with E-state index in [1.54, 1.807) is 18.2 Å². The van der Waals surface area contributed by atoms with Crippen LogP contribution in [0.15, 0.2) is 29.1 Å². The summed E-state index contributed by atoms with van der Waals surface area (Å²) in [5.74, 6) is -0.345. The van der Waals surface area contributed by atoms with Crippen LogP contribution in [0.25, 0.3) is 10.9 Å². The smallest absolute Gasteiger partial charge is 0.328 e. The van der Waals surface area contributed by atoms with Gasteiger partial charge in [0.15, 0.2) is 0 Å². The summed E-state index contributed by atoms with van der Waals surface area (Å²) in [5, 5.41) is 5.92. The first kappa shape index (κ1) is 23.1. The number of carbonyl (C=O) groups is 3. The largest absolute Gasteiger partial charge is 0.467 e. The number of aromatic nitrogens is 2.